The van der Waals surface area contributed by atoms with Crippen LogP contribution in [0.1, 0.15) is 50.5 Å². The predicted molar refractivity (Wildman–Crippen MR) is 86.8 cm³/mol. The van der Waals surface area contributed by atoms with E-state index in [1.165, 1.54) is 6.07 Å². The molecule has 0 aliphatic heterocycles. The SMILES string of the molecule is CCCNC(c1ccccc1F)c1c(Br)cnn1C(C)C. The van der Waals surface area contributed by atoms with E-state index in [0.29, 0.717) is 5.56 Å². The summed E-state index contributed by atoms with van der Waals surface area (Å²) >= 11 is 3.55. The maximum atomic E-state index is 14.2. The summed E-state index contributed by atoms with van der Waals surface area (Å²) in [7, 11) is 0. The predicted octanol–water partition coefficient (Wildman–Crippen LogP) is 4.45. The summed E-state index contributed by atoms with van der Waals surface area (Å²) in [6.45, 7) is 7.05. The highest BCUT2D eigenvalue weighted by atomic mass is 79.9. The van der Waals surface area contributed by atoms with Crippen molar-refractivity contribution >= 4 is 15.9 Å². The molecule has 3 nitrogen and oxygen atoms in total. The first-order chi connectivity index (χ1) is 10.1. The first kappa shape index (κ1) is 16.2. The van der Waals surface area contributed by atoms with Crippen LogP contribution in [0.3, 0.4) is 0 Å². The Balaban J connectivity index is 2.51. The molecule has 0 amide bonds. The van der Waals surface area contributed by atoms with Gasteiger partial charge in [0.1, 0.15) is 5.82 Å². The second-order valence-electron chi connectivity index (χ2n) is 5.32. The summed E-state index contributed by atoms with van der Waals surface area (Å²) < 4.78 is 17.1. The van der Waals surface area contributed by atoms with E-state index < -0.39 is 0 Å². The molecular formula is C16H21BrFN3. The second-order valence-corrected chi connectivity index (χ2v) is 6.18. The van der Waals surface area contributed by atoms with Crippen LogP contribution in [-0.4, -0.2) is 16.3 Å². The van der Waals surface area contributed by atoms with Gasteiger partial charge in [0.2, 0.25) is 0 Å². The van der Waals surface area contributed by atoms with Crippen LogP contribution in [0.5, 0.6) is 0 Å². The lowest BCUT2D eigenvalue weighted by Crippen LogP contribution is -2.27. The van der Waals surface area contributed by atoms with Gasteiger partial charge in [-0.2, -0.15) is 5.10 Å². The van der Waals surface area contributed by atoms with E-state index in [0.717, 1.165) is 23.1 Å². The van der Waals surface area contributed by atoms with Crippen molar-refractivity contribution in [3.05, 3.63) is 52.0 Å². The molecule has 0 saturated carbocycles. The van der Waals surface area contributed by atoms with Gasteiger partial charge in [-0.15, -0.1) is 0 Å². The van der Waals surface area contributed by atoms with Gasteiger partial charge in [0.05, 0.1) is 22.4 Å². The quantitative estimate of drug-likeness (QED) is 0.830. The minimum absolute atomic E-state index is 0.200. The lowest BCUT2D eigenvalue weighted by atomic mass is 10.0. The zero-order valence-electron chi connectivity index (χ0n) is 12.6. The number of aromatic nitrogens is 2. The molecule has 114 valence electrons. The van der Waals surface area contributed by atoms with Crippen molar-refractivity contribution in [1.29, 1.82) is 0 Å². The number of hydrogen-bond donors (Lipinski definition) is 1. The van der Waals surface area contributed by atoms with Crippen molar-refractivity contribution in [2.24, 2.45) is 0 Å². The van der Waals surface area contributed by atoms with E-state index in [1.807, 2.05) is 16.8 Å². The molecule has 1 atom stereocenters. The Labute approximate surface area is 133 Å². The molecule has 0 aliphatic carbocycles. The largest absolute Gasteiger partial charge is 0.305 e. The van der Waals surface area contributed by atoms with E-state index >= 15 is 0 Å². The number of benzene rings is 1. The molecule has 0 bridgehead atoms. The first-order valence-corrected chi connectivity index (χ1v) is 8.06. The minimum atomic E-state index is -0.217. The van der Waals surface area contributed by atoms with Crippen molar-refractivity contribution < 1.29 is 4.39 Å². The molecule has 0 aliphatic rings. The molecule has 1 heterocycles. The van der Waals surface area contributed by atoms with Gasteiger partial charge in [-0.1, -0.05) is 25.1 Å². The molecule has 5 heteroatoms. The summed E-state index contributed by atoms with van der Waals surface area (Å²) in [5.74, 6) is -0.200. The van der Waals surface area contributed by atoms with E-state index in [4.69, 9.17) is 0 Å². The Bertz CT molecular complexity index is 595. The maximum absolute atomic E-state index is 14.2. The molecule has 0 saturated heterocycles. The molecule has 0 spiro atoms. The van der Waals surface area contributed by atoms with Crippen LogP contribution in [0, 0.1) is 5.82 Å². The lowest BCUT2D eigenvalue weighted by molar-refractivity contribution is 0.461. The average molecular weight is 354 g/mol. The maximum Gasteiger partial charge on any atom is 0.128 e. The molecule has 2 aromatic rings. The highest BCUT2D eigenvalue weighted by molar-refractivity contribution is 9.10. The molecule has 1 unspecified atom stereocenters. The van der Waals surface area contributed by atoms with Crippen molar-refractivity contribution in [3.8, 4) is 0 Å². The second kappa shape index (κ2) is 7.18. The van der Waals surface area contributed by atoms with Crippen molar-refractivity contribution in [2.75, 3.05) is 6.54 Å². The molecular weight excluding hydrogens is 333 g/mol. The highest BCUT2D eigenvalue weighted by Crippen LogP contribution is 2.31. The molecule has 0 fully saturated rings. The van der Waals surface area contributed by atoms with Crippen molar-refractivity contribution in [3.63, 3.8) is 0 Å². The van der Waals surface area contributed by atoms with Crippen LogP contribution in [-0.2, 0) is 0 Å². The molecule has 21 heavy (non-hydrogen) atoms. The van der Waals surface area contributed by atoms with Crippen molar-refractivity contribution in [1.82, 2.24) is 15.1 Å². The van der Waals surface area contributed by atoms with E-state index in [-0.39, 0.29) is 17.9 Å². The first-order valence-electron chi connectivity index (χ1n) is 7.27. The summed E-state index contributed by atoms with van der Waals surface area (Å²) in [6.07, 6.45) is 2.76. The monoisotopic (exact) mass is 353 g/mol. The van der Waals surface area contributed by atoms with Gasteiger partial charge in [0, 0.05) is 11.6 Å². The van der Waals surface area contributed by atoms with Crippen LogP contribution in [0.4, 0.5) is 4.39 Å². The Hall–Kier alpha value is -1.20. The summed E-state index contributed by atoms with van der Waals surface area (Å²) in [5.41, 5.74) is 1.61. The molecule has 1 aromatic carbocycles. The fraction of sp³-hybridized carbons (Fsp3) is 0.438. The minimum Gasteiger partial charge on any atom is -0.305 e. The Morgan fingerprint density at radius 3 is 2.67 bits per heavy atom. The highest BCUT2D eigenvalue weighted by Gasteiger charge is 2.24. The van der Waals surface area contributed by atoms with Crippen LogP contribution < -0.4 is 5.32 Å². The van der Waals surface area contributed by atoms with Gasteiger partial charge in [0.15, 0.2) is 0 Å². The van der Waals surface area contributed by atoms with Crippen LogP contribution >= 0.6 is 15.9 Å². The molecule has 1 N–H and O–H groups in total. The summed E-state index contributed by atoms with van der Waals surface area (Å²) in [4.78, 5) is 0. The van der Waals surface area contributed by atoms with Crippen molar-refractivity contribution in [2.45, 2.75) is 39.3 Å². The smallest absolute Gasteiger partial charge is 0.128 e. The Morgan fingerprint density at radius 2 is 2.05 bits per heavy atom. The van der Waals surface area contributed by atoms with Gasteiger partial charge in [0.25, 0.3) is 0 Å². The third-order valence-electron chi connectivity index (χ3n) is 3.36. The fourth-order valence-electron chi connectivity index (χ4n) is 2.38. The topological polar surface area (TPSA) is 29.9 Å². The van der Waals surface area contributed by atoms with Gasteiger partial charge in [-0.3, -0.25) is 4.68 Å². The standard InChI is InChI=1S/C16H21BrFN3/c1-4-9-19-15(12-7-5-6-8-14(12)18)16-13(17)10-20-21(16)11(2)3/h5-8,10-11,15,19H,4,9H2,1-3H3. The number of hydrogen-bond acceptors (Lipinski definition) is 2. The average Bonchev–Trinajstić information content (AvgIpc) is 2.83. The van der Waals surface area contributed by atoms with E-state index in [9.17, 15) is 4.39 Å². The van der Waals surface area contributed by atoms with E-state index in [1.54, 1.807) is 12.3 Å². The summed E-state index contributed by atoms with van der Waals surface area (Å²) in [6, 6.07) is 6.90. The zero-order valence-corrected chi connectivity index (χ0v) is 14.2. The van der Waals surface area contributed by atoms with Gasteiger partial charge >= 0.3 is 0 Å². The third kappa shape index (κ3) is 3.52. The molecule has 0 radical (unpaired) electrons. The normalized spacial score (nSPS) is 12.9. The number of halogens is 2. The molecule has 1 aromatic heterocycles. The summed E-state index contributed by atoms with van der Waals surface area (Å²) in [5, 5.41) is 7.84. The number of nitrogens with zero attached hydrogens (tertiary/aromatic N) is 2. The van der Waals surface area contributed by atoms with Gasteiger partial charge < -0.3 is 5.32 Å². The van der Waals surface area contributed by atoms with E-state index in [2.05, 4.69) is 47.1 Å². The molecule has 2 rings (SSSR count). The fourth-order valence-corrected chi connectivity index (χ4v) is 2.89. The van der Waals surface area contributed by atoms with Gasteiger partial charge in [-0.25, -0.2) is 4.39 Å². The Morgan fingerprint density at radius 1 is 1.33 bits per heavy atom. The zero-order chi connectivity index (χ0) is 15.4. The third-order valence-corrected chi connectivity index (χ3v) is 3.98. The number of nitrogens with one attached hydrogen (secondary N) is 1. The lowest BCUT2D eigenvalue weighted by Gasteiger charge is -2.23. The Kier molecular flexibility index (Phi) is 5.53. The van der Waals surface area contributed by atoms with Crippen LogP contribution in [0.25, 0.3) is 0 Å². The van der Waals surface area contributed by atoms with Crippen LogP contribution in [0.2, 0.25) is 0 Å². The van der Waals surface area contributed by atoms with Crippen LogP contribution in [0.15, 0.2) is 34.9 Å². The van der Waals surface area contributed by atoms with Gasteiger partial charge in [-0.05, 0) is 48.8 Å². The number of rotatable bonds is 6.